The number of halogens is 1. The molecule has 0 N–H and O–H groups in total. The fourth-order valence-electron chi connectivity index (χ4n) is 2.53. The van der Waals surface area contributed by atoms with Crippen LogP contribution in [0.15, 0.2) is 17.0 Å². The summed E-state index contributed by atoms with van der Waals surface area (Å²) < 4.78 is 32.9. The van der Waals surface area contributed by atoms with Crippen LogP contribution in [0.4, 0.5) is 0 Å². The Balaban J connectivity index is 2.35. The quantitative estimate of drug-likeness (QED) is 0.821. The molecule has 1 fully saturated rings. The number of rotatable bonds is 5. The zero-order valence-corrected chi connectivity index (χ0v) is 14.9. The van der Waals surface area contributed by atoms with Gasteiger partial charge in [-0.25, -0.2) is 8.42 Å². The van der Waals surface area contributed by atoms with Crippen molar-refractivity contribution in [2.75, 3.05) is 39.3 Å². The van der Waals surface area contributed by atoms with Crippen LogP contribution in [0.1, 0.15) is 19.4 Å². The summed E-state index contributed by atoms with van der Waals surface area (Å²) in [6.45, 7) is 9.58. The maximum absolute atomic E-state index is 12.9. The lowest BCUT2D eigenvalue weighted by Gasteiger charge is -2.33. The number of sulfonamides is 1. The first-order valence-electron chi connectivity index (χ1n) is 7.55. The Morgan fingerprint density at radius 1 is 1.18 bits per heavy atom. The van der Waals surface area contributed by atoms with Gasteiger partial charge in [-0.15, -0.1) is 0 Å². The van der Waals surface area contributed by atoms with Crippen molar-refractivity contribution >= 4 is 21.6 Å². The number of likely N-dealkylation sites (N-methyl/N-ethyl adjacent to an activating group) is 1. The van der Waals surface area contributed by atoms with Gasteiger partial charge in [0.1, 0.15) is 10.6 Å². The molecule has 1 saturated heterocycles. The van der Waals surface area contributed by atoms with Crippen LogP contribution < -0.4 is 4.74 Å². The van der Waals surface area contributed by atoms with Crippen LogP contribution in [0.2, 0.25) is 5.02 Å². The summed E-state index contributed by atoms with van der Waals surface area (Å²) >= 11 is 6.13. The lowest BCUT2D eigenvalue weighted by atomic mass is 10.2. The van der Waals surface area contributed by atoms with Crippen molar-refractivity contribution in [3.05, 3.63) is 22.7 Å². The number of piperazine rings is 1. The van der Waals surface area contributed by atoms with E-state index < -0.39 is 10.0 Å². The molecule has 1 aliphatic rings. The monoisotopic (exact) mass is 346 g/mol. The molecular formula is C15H23ClN2O3S. The Labute approximate surface area is 137 Å². The van der Waals surface area contributed by atoms with Gasteiger partial charge in [-0.3, -0.25) is 0 Å². The van der Waals surface area contributed by atoms with E-state index in [1.54, 1.807) is 6.07 Å². The Kier molecular flexibility index (Phi) is 5.71. The molecule has 0 unspecified atom stereocenters. The standard InChI is InChI=1S/C15H23ClN2O3S/c1-4-17-6-8-18(9-7-17)22(19,20)15-11-13(16)12(3)10-14(15)21-5-2/h10-11H,4-9H2,1-3H3. The van der Waals surface area contributed by atoms with E-state index in [0.29, 0.717) is 30.5 Å². The second kappa shape index (κ2) is 7.17. The summed E-state index contributed by atoms with van der Waals surface area (Å²) in [4.78, 5) is 2.40. The number of benzene rings is 1. The highest BCUT2D eigenvalue weighted by atomic mass is 35.5. The molecule has 0 radical (unpaired) electrons. The highest BCUT2D eigenvalue weighted by Crippen LogP contribution is 2.32. The van der Waals surface area contributed by atoms with Crippen molar-refractivity contribution in [2.45, 2.75) is 25.7 Å². The first-order valence-corrected chi connectivity index (χ1v) is 9.37. The summed E-state index contributed by atoms with van der Waals surface area (Å²) in [6.07, 6.45) is 0. The van der Waals surface area contributed by atoms with Gasteiger partial charge in [0.05, 0.1) is 6.61 Å². The molecule has 0 atom stereocenters. The van der Waals surface area contributed by atoms with Crippen molar-refractivity contribution in [3.63, 3.8) is 0 Å². The predicted molar refractivity (Wildman–Crippen MR) is 88.2 cm³/mol. The Hall–Kier alpha value is -0.820. The highest BCUT2D eigenvalue weighted by molar-refractivity contribution is 7.89. The number of hydrogen-bond acceptors (Lipinski definition) is 4. The molecule has 0 bridgehead atoms. The van der Waals surface area contributed by atoms with Gasteiger partial charge in [0, 0.05) is 31.2 Å². The molecule has 7 heteroatoms. The molecule has 124 valence electrons. The fourth-order valence-corrected chi connectivity index (χ4v) is 4.32. The van der Waals surface area contributed by atoms with Crippen LogP contribution >= 0.6 is 11.6 Å². The van der Waals surface area contributed by atoms with E-state index in [1.807, 2.05) is 13.8 Å². The van der Waals surface area contributed by atoms with Crippen LogP contribution in [-0.4, -0.2) is 57.0 Å². The largest absolute Gasteiger partial charge is 0.492 e. The van der Waals surface area contributed by atoms with Crippen molar-refractivity contribution in [1.82, 2.24) is 9.21 Å². The van der Waals surface area contributed by atoms with Crippen molar-refractivity contribution < 1.29 is 13.2 Å². The summed E-state index contributed by atoms with van der Waals surface area (Å²) in [5, 5.41) is 0.439. The minimum atomic E-state index is -3.59. The molecule has 0 amide bonds. The van der Waals surface area contributed by atoms with E-state index in [0.717, 1.165) is 25.2 Å². The number of aryl methyl sites for hydroxylation is 1. The summed E-state index contributed by atoms with van der Waals surface area (Å²) in [5.74, 6) is 0.377. The Morgan fingerprint density at radius 2 is 1.82 bits per heavy atom. The average molecular weight is 347 g/mol. The van der Waals surface area contributed by atoms with Crippen molar-refractivity contribution in [2.24, 2.45) is 0 Å². The first-order chi connectivity index (χ1) is 10.4. The number of hydrogen-bond donors (Lipinski definition) is 0. The second-order valence-corrected chi connectivity index (χ2v) is 7.63. The summed E-state index contributed by atoms with van der Waals surface area (Å²) in [5.41, 5.74) is 0.805. The van der Waals surface area contributed by atoms with Crippen molar-refractivity contribution in [1.29, 1.82) is 0 Å². The van der Waals surface area contributed by atoms with Gasteiger partial charge in [-0.05, 0) is 38.1 Å². The number of ether oxygens (including phenoxy) is 1. The minimum Gasteiger partial charge on any atom is -0.492 e. The highest BCUT2D eigenvalue weighted by Gasteiger charge is 2.31. The van der Waals surface area contributed by atoms with Crippen LogP contribution in [-0.2, 0) is 10.0 Å². The van der Waals surface area contributed by atoms with Gasteiger partial charge in [0.2, 0.25) is 10.0 Å². The third kappa shape index (κ3) is 3.56. The average Bonchev–Trinajstić information content (AvgIpc) is 2.51. The smallest absolute Gasteiger partial charge is 0.246 e. The van der Waals surface area contributed by atoms with E-state index in [2.05, 4.69) is 11.8 Å². The molecule has 2 rings (SSSR count). The van der Waals surface area contributed by atoms with Crippen LogP contribution in [0.25, 0.3) is 0 Å². The zero-order valence-electron chi connectivity index (χ0n) is 13.3. The minimum absolute atomic E-state index is 0.162. The van der Waals surface area contributed by atoms with Gasteiger partial charge in [0.15, 0.2) is 0 Å². The normalized spacial score (nSPS) is 17.6. The lowest BCUT2D eigenvalue weighted by molar-refractivity contribution is 0.196. The third-order valence-electron chi connectivity index (χ3n) is 3.92. The van der Waals surface area contributed by atoms with Crippen LogP contribution in [0.5, 0.6) is 5.75 Å². The van der Waals surface area contributed by atoms with Gasteiger partial charge in [-0.1, -0.05) is 18.5 Å². The van der Waals surface area contributed by atoms with Crippen LogP contribution in [0.3, 0.4) is 0 Å². The molecule has 0 saturated carbocycles. The molecule has 1 aliphatic heterocycles. The van der Waals surface area contributed by atoms with Gasteiger partial charge >= 0.3 is 0 Å². The van der Waals surface area contributed by atoms with Crippen molar-refractivity contribution in [3.8, 4) is 5.75 Å². The third-order valence-corrected chi connectivity index (χ3v) is 6.25. The Morgan fingerprint density at radius 3 is 2.36 bits per heavy atom. The molecule has 0 spiro atoms. The molecule has 0 aliphatic carbocycles. The SMILES string of the molecule is CCOc1cc(C)c(Cl)cc1S(=O)(=O)N1CCN(CC)CC1. The molecule has 0 aromatic heterocycles. The lowest BCUT2D eigenvalue weighted by Crippen LogP contribution is -2.48. The van der Waals surface area contributed by atoms with E-state index >= 15 is 0 Å². The Bertz CT molecular complexity index is 626. The molecule has 5 nitrogen and oxygen atoms in total. The topological polar surface area (TPSA) is 49.9 Å². The summed E-state index contributed by atoms with van der Waals surface area (Å²) in [7, 11) is -3.59. The maximum atomic E-state index is 12.9. The number of nitrogens with zero attached hydrogens (tertiary/aromatic N) is 2. The zero-order chi connectivity index (χ0) is 16.3. The molecule has 1 aromatic rings. The summed E-state index contributed by atoms with van der Waals surface area (Å²) in [6, 6.07) is 3.20. The molecule has 22 heavy (non-hydrogen) atoms. The van der Waals surface area contributed by atoms with Gasteiger partial charge in [-0.2, -0.15) is 4.31 Å². The van der Waals surface area contributed by atoms with Gasteiger partial charge < -0.3 is 9.64 Å². The molecule has 1 aromatic carbocycles. The van der Waals surface area contributed by atoms with E-state index in [9.17, 15) is 8.42 Å². The van der Waals surface area contributed by atoms with E-state index in [4.69, 9.17) is 16.3 Å². The van der Waals surface area contributed by atoms with E-state index in [-0.39, 0.29) is 4.90 Å². The fraction of sp³-hybridized carbons (Fsp3) is 0.600. The predicted octanol–water partition coefficient (Wildman–Crippen LogP) is 2.37. The van der Waals surface area contributed by atoms with Gasteiger partial charge in [0.25, 0.3) is 0 Å². The first kappa shape index (κ1) is 17.5. The van der Waals surface area contributed by atoms with E-state index in [1.165, 1.54) is 10.4 Å². The maximum Gasteiger partial charge on any atom is 0.246 e. The molecule has 1 heterocycles. The molecular weight excluding hydrogens is 324 g/mol. The van der Waals surface area contributed by atoms with Crippen LogP contribution in [0, 0.1) is 6.92 Å². The second-order valence-electron chi connectivity index (χ2n) is 5.32.